The van der Waals surface area contributed by atoms with E-state index >= 15 is 0 Å². The fourth-order valence-corrected chi connectivity index (χ4v) is 9.73. The average Bonchev–Trinajstić information content (AvgIpc) is 3.34. The molecule has 2 atom stereocenters. The molecule has 0 aliphatic carbocycles. The van der Waals surface area contributed by atoms with Gasteiger partial charge in [0.25, 0.3) is 0 Å². The van der Waals surface area contributed by atoms with Crippen LogP contribution in [-0.2, 0) is 28.6 Å². The summed E-state index contributed by atoms with van der Waals surface area (Å²) in [6.45, 7) is 11.5. The maximum Gasteiger partial charge on any atom is 0.306 e. The zero-order valence-corrected chi connectivity index (χ0v) is 47.5. The lowest BCUT2D eigenvalue weighted by Gasteiger charge is -2.18. The SMILES string of the molecule is CCCCCCCCCCCCCCCCCCCCC(=O)OC[C@@H](COC(=O)CCCCCCCCCCCCCCC(C)C)OC(=O)CCCCCCCCCCCCCCCCC(C)CC. The van der Waals surface area contributed by atoms with E-state index in [2.05, 4.69) is 34.6 Å². The lowest BCUT2D eigenvalue weighted by atomic mass is 9.99. The first kappa shape index (κ1) is 67.4. The highest BCUT2D eigenvalue weighted by molar-refractivity contribution is 5.71. The molecular weight excluding hydrogens is 853 g/mol. The first-order valence-electron chi connectivity index (χ1n) is 31.3. The van der Waals surface area contributed by atoms with E-state index in [0.717, 1.165) is 69.6 Å². The first-order chi connectivity index (χ1) is 33.8. The molecule has 1 unspecified atom stereocenters. The van der Waals surface area contributed by atoms with Crippen LogP contribution in [0.5, 0.6) is 0 Å². The van der Waals surface area contributed by atoms with Gasteiger partial charge >= 0.3 is 17.9 Å². The quantitative estimate of drug-likeness (QED) is 0.0343. The van der Waals surface area contributed by atoms with Gasteiger partial charge in [-0.3, -0.25) is 14.4 Å². The van der Waals surface area contributed by atoms with Crippen molar-refractivity contribution in [2.75, 3.05) is 13.2 Å². The van der Waals surface area contributed by atoms with Gasteiger partial charge in [-0.25, -0.2) is 0 Å². The molecule has 0 spiro atoms. The van der Waals surface area contributed by atoms with Gasteiger partial charge in [0.2, 0.25) is 0 Å². The normalized spacial score (nSPS) is 12.4. The van der Waals surface area contributed by atoms with E-state index in [1.165, 1.54) is 244 Å². The zero-order valence-electron chi connectivity index (χ0n) is 47.5. The van der Waals surface area contributed by atoms with Crippen LogP contribution in [0.1, 0.15) is 356 Å². The molecule has 0 amide bonds. The Morgan fingerprint density at radius 1 is 0.304 bits per heavy atom. The van der Waals surface area contributed by atoms with Crippen molar-refractivity contribution in [2.45, 2.75) is 362 Å². The molecule has 0 saturated carbocycles. The Morgan fingerprint density at radius 2 is 0.551 bits per heavy atom. The van der Waals surface area contributed by atoms with Gasteiger partial charge in [-0.1, -0.05) is 317 Å². The standard InChI is InChI=1S/C63H122O6/c1-6-8-9-10-11-12-13-14-15-16-17-18-22-28-33-38-43-48-53-61(64)67-56-60(57-68-62(65)54-49-44-39-34-29-25-24-26-31-36-41-46-51-58(3)4)69-63(66)55-50-45-40-35-30-23-20-19-21-27-32-37-42-47-52-59(5)7-2/h58-60H,6-57H2,1-5H3/t59?,60-/m0/s1. The van der Waals surface area contributed by atoms with Gasteiger partial charge < -0.3 is 14.2 Å². The average molecular weight is 976 g/mol. The first-order valence-corrected chi connectivity index (χ1v) is 31.3. The van der Waals surface area contributed by atoms with Crippen LogP contribution in [0.15, 0.2) is 0 Å². The molecule has 0 fully saturated rings. The van der Waals surface area contributed by atoms with Crippen LogP contribution in [0.4, 0.5) is 0 Å². The van der Waals surface area contributed by atoms with E-state index in [9.17, 15) is 14.4 Å². The minimum absolute atomic E-state index is 0.0621. The number of carbonyl (C=O) groups is 3. The van der Waals surface area contributed by atoms with Gasteiger partial charge in [-0.05, 0) is 31.1 Å². The zero-order chi connectivity index (χ0) is 50.4. The summed E-state index contributed by atoms with van der Waals surface area (Å²) in [5.41, 5.74) is 0. The molecule has 410 valence electrons. The predicted octanol–water partition coefficient (Wildman–Crippen LogP) is 20.8. The molecule has 69 heavy (non-hydrogen) atoms. The summed E-state index contributed by atoms with van der Waals surface area (Å²) < 4.78 is 16.9. The molecule has 0 heterocycles. The molecule has 0 N–H and O–H groups in total. The Morgan fingerprint density at radius 3 is 0.826 bits per heavy atom. The van der Waals surface area contributed by atoms with E-state index in [-0.39, 0.29) is 31.1 Å². The Balaban J connectivity index is 4.29. The Kier molecular flexibility index (Phi) is 54.4. The van der Waals surface area contributed by atoms with Crippen LogP contribution in [0.2, 0.25) is 0 Å². The smallest absolute Gasteiger partial charge is 0.306 e. The number of carbonyl (C=O) groups excluding carboxylic acids is 3. The highest BCUT2D eigenvalue weighted by Gasteiger charge is 2.19. The Hall–Kier alpha value is -1.59. The summed E-state index contributed by atoms with van der Waals surface area (Å²) in [5.74, 6) is 0.895. The molecule has 0 bridgehead atoms. The van der Waals surface area contributed by atoms with Crippen LogP contribution in [0, 0.1) is 11.8 Å². The molecule has 0 aromatic heterocycles. The summed E-state index contributed by atoms with van der Waals surface area (Å²) >= 11 is 0. The van der Waals surface area contributed by atoms with Gasteiger partial charge in [0.1, 0.15) is 13.2 Å². The lowest BCUT2D eigenvalue weighted by Crippen LogP contribution is -2.30. The van der Waals surface area contributed by atoms with E-state index in [4.69, 9.17) is 14.2 Å². The van der Waals surface area contributed by atoms with Gasteiger partial charge in [0.15, 0.2) is 6.10 Å². The number of ether oxygens (including phenoxy) is 3. The van der Waals surface area contributed by atoms with Crippen molar-refractivity contribution in [1.29, 1.82) is 0 Å². The number of hydrogen-bond donors (Lipinski definition) is 0. The van der Waals surface area contributed by atoms with Crippen LogP contribution in [0.3, 0.4) is 0 Å². The molecule has 6 nitrogen and oxygen atoms in total. The molecule has 0 aliphatic rings. The van der Waals surface area contributed by atoms with E-state index in [0.29, 0.717) is 19.3 Å². The second kappa shape index (κ2) is 55.7. The van der Waals surface area contributed by atoms with Crippen molar-refractivity contribution in [3.05, 3.63) is 0 Å². The second-order valence-electron chi connectivity index (χ2n) is 22.4. The van der Waals surface area contributed by atoms with Crippen molar-refractivity contribution in [1.82, 2.24) is 0 Å². The third-order valence-corrected chi connectivity index (χ3v) is 14.8. The number of rotatable bonds is 57. The summed E-state index contributed by atoms with van der Waals surface area (Å²) in [6, 6.07) is 0. The van der Waals surface area contributed by atoms with Gasteiger partial charge in [0.05, 0.1) is 0 Å². The summed E-state index contributed by atoms with van der Waals surface area (Å²) in [4.78, 5) is 38.3. The van der Waals surface area contributed by atoms with E-state index in [1.54, 1.807) is 0 Å². The maximum absolute atomic E-state index is 12.9. The number of unbranched alkanes of at least 4 members (excludes halogenated alkanes) is 41. The minimum atomic E-state index is -0.764. The second-order valence-corrected chi connectivity index (χ2v) is 22.4. The molecule has 0 rings (SSSR count). The molecule has 0 aliphatic heterocycles. The van der Waals surface area contributed by atoms with Gasteiger partial charge in [-0.2, -0.15) is 0 Å². The van der Waals surface area contributed by atoms with Crippen LogP contribution in [-0.4, -0.2) is 37.2 Å². The Labute approximate surface area is 431 Å². The van der Waals surface area contributed by atoms with E-state index in [1.807, 2.05) is 0 Å². The summed E-state index contributed by atoms with van der Waals surface area (Å²) in [7, 11) is 0. The van der Waals surface area contributed by atoms with Crippen molar-refractivity contribution < 1.29 is 28.6 Å². The molecule has 0 aromatic carbocycles. The van der Waals surface area contributed by atoms with E-state index < -0.39 is 6.10 Å². The minimum Gasteiger partial charge on any atom is -0.462 e. The third-order valence-electron chi connectivity index (χ3n) is 14.8. The fourth-order valence-electron chi connectivity index (χ4n) is 9.73. The van der Waals surface area contributed by atoms with Crippen molar-refractivity contribution in [3.8, 4) is 0 Å². The molecule has 0 radical (unpaired) electrons. The number of esters is 3. The monoisotopic (exact) mass is 975 g/mol. The van der Waals surface area contributed by atoms with Crippen molar-refractivity contribution >= 4 is 17.9 Å². The number of hydrogen-bond acceptors (Lipinski definition) is 6. The topological polar surface area (TPSA) is 78.9 Å². The molecule has 6 heteroatoms. The molecule has 0 aromatic rings. The lowest BCUT2D eigenvalue weighted by molar-refractivity contribution is -0.167. The summed E-state index contributed by atoms with van der Waals surface area (Å²) in [6.07, 6.45) is 60.9. The maximum atomic E-state index is 12.9. The van der Waals surface area contributed by atoms with Gasteiger partial charge in [-0.15, -0.1) is 0 Å². The fraction of sp³-hybridized carbons (Fsp3) is 0.952. The largest absolute Gasteiger partial charge is 0.462 e. The highest BCUT2D eigenvalue weighted by Crippen LogP contribution is 2.19. The van der Waals surface area contributed by atoms with Gasteiger partial charge in [0, 0.05) is 19.3 Å². The molecule has 0 saturated heterocycles. The predicted molar refractivity (Wildman–Crippen MR) is 298 cm³/mol. The molecular formula is C63H122O6. The van der Waals surface area contributed by atoms with Crippen LogP contribution < -0.4 is 0 Å². The Bertz CT molecular complexity index is 1060. The van der Waals surface area contributed by atoms with Crippen molar-refractivity contribution in [2.24, 2.45) is 11.8 Å². The van der Waals surface area contributed by atoms with Crippen molar-refractivity contribution in [3.63, 3.8) is 0 Å². The van der Waals surface area contributed by atoms with Crippen LogP contribution in [0.25, 0.3) is 0 Å². The third kappa shape index (κ3) is 55.6. The summed E-state index contributed by atoms with van der Waals surface area (Å²) in [5, 5.41) is 0. The highest BCUT2D eigenvalue weighted by atomic mass is 16.6. The van der Waals surface area contributed by atoms with Crippen LogP contribution >= 0.6 is 0 Å².